The molecule has 0 spiro atoms. The maximum absolute atomic E-state index is 12.3. The summed E-state index contributed by atoms with van der Waals surface area (Å²) in [4.78, 5) is 13.4. The number of amides is 1. The molecule has 1 atom stereocenters. The van der Waals surface area contributed by atoms with Crippen LogP contribution in [0.3, 0.4) is 0 Å². The second-order valence-electron chi connectivity index (χ2n) is 5.48. The van der Waals surface area contributed by atoms with Gasteiger partial charge >= 0.3 is 0 Å². The molecule has 0 unspecified atom stereocenters. The van der Waals surface area contributed by atoms with Crippen LogP contribution in [0, 0.1) is 6.92 Å². The number of nitrogens with one attached hydrogen (secondary N) is 1. The summed E-state index contributed by atoms with van der Waals surface area (Å²) >= 11 is 1.55. The molecule has 128 valence electrons. The van der Waals surface area contributed by atoms with Crippen LogP contribution in [0.4, 0.5) is 0 Å². The molecule has 0 fully saturated rings. The Balaban J connectivity index is 1.91. The van der Waals surface area contributed by atoms with Gasteiger partial charge in [0.2, 0.25) is 5.91 Å². The van der Waals surface area contributed by atoms with E-state index in [0.29, 0.717) is 18.0 Å². The first-order valence-electron chi connectivity index (χ1n) is 7.75. The molecule has 1 N–H and O–H groups in total. The first-order valence-corrected chi connectivity index (χ1v) is 8.63. The lowest BCUT2D eigenvalue weighted by atomic mass is 10.2. The zero-order valence-corrected chi connectivity index (χ0v) is 15.3. The van der Waals surface area contributed by atoms with E-state index in [-0.39, 0.29) is 11.2 Å². The van der Waals surface area contributed by atoms with Crippen molar-refractivity contribution in [3.05, 3.63) is 53.6 Å². The fraction of sp³-hybridized carbons (Fsp3) is 0.316. The van der Waals surface area contributed by atoms with E-state index >= 15 is 0 Å². The molecular formula is C19H23NO3S. The van der Waals surface area contributed by atoms with E-state index in [9.17, 15) is 4.79 Å². The fourth-order valence-corrected chi connectivity index (χ4v) is 3.09. The van der Waals surface area contributed by atoms with Gasteiger partial charge in [0.15, 0.2) is 11.5 Å². The number of carbonyl (C=O) groups excluding carboxylic acids is 1. The topological polar surface area (TPSA) is 47.6 Å². The van der Waals surface area contributed by atoms with Gasteiger partial charge in [-0.05, 0) is 43.7 Å². The van der Waals surface area contributed by atoms with Gasteiger partial charge in [0.05, 0.1) is 19.5 Å². The van der Waals surface area contributed by atoms with Crippen LogP contribution in [0.2, 0.25) is 0 Å². The Kier molecular flexibility index (Phi) is 6.55. The van der Waals surface area contributed by atoms with E-state index < -0.39 is 0 Å². The highest BCUT2D eigenvalue weighted by Crippen LogP contribution is 2.27. The Labute approximate surface area is 147 Å². The van der Waals surface area contributed by atoms with E-state index in [1.54, 1.807) is 26.0 Å². The largest absolute Gasteiger partial charge is 0.493 e. The number of rotatable bonds is 7. The molecule has 0 bridgehead atoms. The maximum atomic E-state index is 12.3. The third-order valence-corrected chi connectivity index (χ3v) is 4.73. The monoisotopic (exact) mass is 345 g/mol. The molecular weight excluding hydrogens is 322 g/mol. The standard InChI is InChI=1S/C19H23NO3S/c1-13-5-8-16(9-6-13)24-14(2)19(21)20-12-15-7-10-17(22-3)18(11-15)23-4/h5-11,14H,12H2,1-4H3,(H,20,21)/t14-/m0/s1. The van der Waals surface area contributed by atoms with Gasteiger partial charge in [0.1, 0.15) is 0 Å². The van der Waals surface area contributed by atoms with Crippen molar-refractivity contribution in [3.8, 4) is 11.5 Å². The molecule has 5 heteroatoms. The van der Waals surface area contributed by atoms with Crippen molar-refractivity contribution >= 4 is 17.7 Å². The Morgan fingerprint density at radius 1 is 1.08 bits per heavy atom. The van der Waals surface area contributed by atoms with E-state index in [1.165, 1.54) is 5.56 Å². The summed E-state index contributed by atoms with van der Waals surface area (Å²) in [7, 11) is 3.20. The molecule has 4 nitrogen and oxygen atoms in total. The van der Waals surface area contributed by atoms with Crippen LogP contribution < -0.4 is 14.8 Å². The van der Waals surface area contributed by atoms with Crippen molar-refractivity contribution in [3.63, 3.8) is 0 Å². The minimum atomic E-state index is -0.159. The van der Waals surface area contributed by atoms with E-state index in [0.717, 1.165) is 10.5 Å². The first-order chi connectivity index (χ1) is 11.5. The molecule has 2 rings (SSSR count). The van der Waals surface area contributed by atoms with Gasteiger partial charge < -0.3 is 14.8 Å². The maximum Gasteiger partial charge on any atom is 0.233 e. The molecule has 0 saturated carbocycles. The molecule has 0 aliphatic carbocycles. The van der Waals surface area contributed by atoms with Gasteiger partial charge in [-0.3, -0.25) is 4.79 Å². The highest BCUT2D eigenvalue weighted by atomic mass is 32.2. The Morgan fingerprint density at radius 2 is 1.75 bits per heavy atom. The number of hydrogen-bond donors (Lipinski definition) is 1. The number of ether oxygens (including phenoxy) is 2. The SMILES string of the molecule is COc1ccc(CNC(=O)[C@H](C)Sc2ccc(C)cc2)cc1OC. The number of methoxy groups -OCH3 is 2. The lowest BCUT2D eigenvalue weighted by Crippen LogP contribution is -2.30. The van der Waals surface area contributed by atoms with Crippen molar-refractivity contribution < 1.29 is 14.3 Å². The number of hydrogen-bond acceptors (Lipinski definition) is 4. The van der Waals surface area contributed by atoms with Crippen LogP contribution in [0.5, 0.6) is 11.5 Å². The van der Waals surface area contributed by atoms with Gasteiger partial charge in [-0.2, -0.15) is 0 Å². The lowest BCUT2D eigenvalue weighted by Gasteiger charge is -2.13. The normalized spacial score (nSPS) is 11.7. The number of benzene rings is 2. The summed E-state index contributed by atoms with van der Waals surface area (Å²) in [5, 5.41) is 2.80. The molecule has 24 heavy (non-hydrogen) atoms. The third kappa shape index (κ3) is 4.93. The Morgan fingerprint density at radius 3 is 2.38 bits per heavy atom. The highest BCUT2D eigenvalue weighted by molar-refractivity contribution is 8.00. The Bertz CT molecular complexity index is 686. The molecule has 0 aromatic heterocycles. The summed E-state index contributed by atoms with van der Waals surface area (Å²) < 4.78 is 10.5. The highest BCUT2D eigenvalue weighted by Gasteiger charge is 2.14. The van der Waals surface area contributed by atoms with Crippen LogP contribution in [-0.4, -0.2) is 25.4 Å². The summed E-state index contributed by atoms with van der Waals surface area (Å²) in [5.74, 6) is 1.34. The van der Waals surface area contributed by atoms with Crippen LogP contribution >= 0.6 is 11.8 Å². The van der Waals surface area contributed by atoms with Gasteiger partial charge in [0.25, 0.3) is 0 Å². The number of thioether (sulfide) groups is 1. The van der Waals surface area contributed by atoms with Gasteiger partial charge in [-0.15, -0.1) is 11.8 Å². The van der Waals surface area contributed by atoms with E-state index in [2.05, 4.69) is 17.4 Å². The van der Waals surface area contributed by atoms with Crippen LogP contribution in [-0.2, 0) is 11.3 Å². The van der Waals surface area contributed by atoms with Crippen LogP contribution in [0.15, 0.2) is 47.4 Å². The predicted octanol–water partition coefficient (Wildman–Crippen LogP) is 3.81. The smallest absolute Gasteiger partial charge is 0.233 e. The molecule has 0 saturated heterocycles. The second-order valence-corrected chi connectivity index (χ2v) is 6.89. The van der Waals surface area contributed by atoms with Crippen molar-refractivity contribution in [1.82, 2.24) is 5.32 Å². The summed E-state index contributed by atoms with van der Waals surface area (Å²) in [6, 6.07) is 13.8. The van der Waals surface area contributed by atoms with Gasteiger partial charge in [-0.1, -0.05) is 23.8 Å². The predicted molar refractivity (Wildman–Crippen MR) is 97.9 cm³/mol. The zero-order valence-electron chi connectivity index (χ0n) is 14.5. The van der Waals surface area contributed by atoms with Gasteiger partial charge in [-0.25, -0.2) is 0 Å². The summed E-state index contributed by atoms with van der Waals surface area (Å²) in [6.07, 6.45) is 0. The molecule has 0 aliphatic heterocycles. The average molecular weight is 345 g/mol. The summed E-state index contributed by atoms with van der Waals surface area (Å²) in [5.41, 5.74) is 2.18. The molecule has 0 heterocycles. The number of aryl methyl sites for hydroxylation is 1. The number of carbonyl (C=O) groups is 1. The van der Waals surface area contributed by atoms with Crippen LogP contribution in [0.25, 0.3) is 0 Å². The second kappa shape index (κ2) is 8.64. The fourth-order valence-electron chi connectivity index (χ4n) is 2.20. The van der Waals surface area contributed by atoms with Gasteiger partial charge in [0, 0.05) is 11.4 Å². The Hall–Kier alpha value is -2.14. The zero-order chi connectivity index (χ0) is 17.5. The average Bonchev–Trinajstić information content (AvgIpc) is 2.61. The molecule has 1 amide bonds. The van der Waals surface area contributed by atoms with Crippen molar-refractivity contribution in [2.75, 3.05) is 14.2 Å². The van der Waals surface area contributed by atoms with Crippen LogP contribution in [0.1, 0.15) is 18.1 Å². The minimum absolute atomic E-state index is 0.00959. The minimum Gasteiger partial charge on any atom is -0.493 e. The molecule has 2 aromatic carbocycles. The third-order valence-electron chi connectivity index (χ3n) is 3.62. The molecule has 0 aliphatic rings. The van der Waals surface area contributed by atoms with Crippen molar-refractivity contribution in [2.45, 2.75) is 30.5 Å². The van der Waals surface area contributed by atoms with Crippen molar-refractivity contribution in [1.29, 1.82) is 0 Å². The van der Waals surface area contributed by atoms with E-state index in [1.807, 2.05) is 44.2 Å². The lowest BCUT2D eigenvalue weighted by molar-refractivity contribution is -0.120. The molecule has 0 radical (unpaired) electrons. The first kappa shape index (κ1) is 18.2. The van der Waals surface area contributed by atoms with Crippen molar-refractivity contribution in [2.24, 2.45) is 0 Å². The summed E-state index contributed by atoms with van der Waals surface area (Å²) in [6.45, 7) is 4.42. The molecule has 2 aromatic rings. The quantitative estimate of drug-likeness (QED) is 0.775. The van der Waals surface area contributed by atoms with E-state index in [4.69, 9.17) is 9.47 Å².